The van der Waals surface area contributed by atoms with Gasteiger partial charge >= 0.3 is 11.9 Å². The number of ether oxygens (including phenoxy) is 2. The van der Waals surface area contributed by atoms with E-state index in [0.717, 1.165) is 0 Å². The van der Waals surface area contributed by atoms with Crippen molar-refractivity contribution < 1.29 is 19.1 Å². The molecule has 0 spiro atoms. The first-order valence-corrected chi connectivity index (χ1v) is 3.78. The molecule has 0 radical (unpaired) electrons. The van der Waals surface area contributed by atoms with Gasteiger partial charge in [0.25, 0.3) is 0 Å². The van der Waals surface area contributed by atoms with Crippen LogP contribution in [0.5, 0.6) is 0 Å². The standard InChI is InChI=1S/C9H14O4/c1-6(7(10)12-5)8(11)13-9(2,3)4/h1H2,2-5H3. The van der Waals surface area contributed by atoms with Gasteiger partial charge in [0.15, 0.2) is 0 Å². The molecule has 0 amide bonds. The van der Waals surface area contributed by atoms with Gasteiger partial charge < -0.3 is 9.47 Å². The molecule has 4 heteroatoms. The zero-order chi connectivity index (χ0) is 10.6. The monoisotopic (exact) mass is 186 g/mol. The molecule has 13 heavy (non-hydrogen) atoms. The second-order valence-electron chi connectivity index (χ2n) is 3.47. The second kappa shape index (κ2) is 4.07. The number of hydrogen-bond donors (Lipinski definition) is 0. The maximum atomic E-state index is 11.1. The zero-order valence-corrected chi connectivity index (χ0v) is 8.34. The smallest absolute Gasteiger partial charge is 0.345 e. The van der Waals surface area contributed by atoms with E-state index >= 15 is 0 Å². The Morgan fingerprint density at radius 1 is 1.15 bits per heavy atom. The van der Waals surface area contributed by atoms with Crippen molar-refractivity contribution in [1.82, 2.24) is 0 Å². The van der Waals surface area contributed by atoms with E-state index in [0.29, 0.717) is 0 Å². The fourth-order valence-corrected chi connectivity index (χ4v) is 0.546. The van der Waals surface area contributed by atoms with Gasteiger partial charge in [-0.1, -0.05) is 6.58 Å². The predicted molar refractivity (Wildman–Crippen MR) is 47.0 cm³/mol. The first kappa shape index (κ1) is 11.7. The van der Waals surface area contributed by atoms with Gasteiger partial charge in [-0.05, 0) is 20.8 Å². The third-order valence-electron chi connectivity index (χ3n) is 1.08. The van der Waals surface area contributed by atoms with Crippen LogP contribution in [0.15, 0.2) is 12.2 Å². The molecule has 0 bridgehead atoms. The number of carbonyl (C=O) groups excluding carboxylic acids is 2. The fourth-order valence-electron chi connectivity index (χ4n) is 0.546. The lowest BCUT2D eigenvalue weighted by Gasteiger charge is -2.19. The lowest BCUT2D eigenvalue weighted by molar-refractivity contribution is -0.153. The zero-order valence-electron chi connectivity index (χ0n) is 8.34. The first-order valence-electron chi connectivity index (χ1n) is 3.78. The van der Waals surface area contributed by atoms with Crippen LogP contribution in [0.2, 0.25) is 0 Å². The van der Waals surface area contributed by atoms with Crippen LogP contribution in [0.25, 0.3) is 0 Å². The maximum Gasteiger partial charge on any atom is 0.345 e. The van der Waals surface area contributed by atoms with Crippen molar-refractivity contribution in [2.75, 3.05) is 7.11 Å². The SMILES string of the molecule is C=C(C(=O)OC)C(=O)OC(C)(C)C. The summed E-state index contributed by atoms with van der Waals surface area (Å²) in [6, 6.07) is 0. The Morgan fingerprint density at radius 3 is 1.92 bits per heavy atom. The quantitative estimate of drug-likeness (QED) is 0.280. The van der Waals surface area contributed by atoms with Crippen molar-refractivity contribution in [3.05, 3.63) is 12.2 Å². The largest absolute Gasteiger partial charge is 0.465 e. The summed E-state index contributed by atoms with van der Waals surface area (Å²) in [7, 11) is 1.18. The third kappa shape index (κ3) is 4.30. The fraction of sp³-hybridized carbons (Fsp3) is 0.556. The Bertz CT molecular complexity index is 234. The summed E-state index contributed by atoms with van der Waals surface area (Å²) in [5, 5.41) is 0. The van der Waals surface area contributed by atoms with E-state index in [1.54, 1.807) is 20.8 Å². The molecule has 0 N–H and O–H groups in total. The van der Waals surface area contributed by atoms with Crippen LogP contribution in [-0.4, -0.2) is 24.6 Å². The van der Waals surface area contributed by atoms with Crippen LogP contribution in [-0.2, 0) is 19.1 Å². The lowest BCUT2D eigenvalue weighted by Crippen LogP contribution is -2.27. The van der Waals surface area contributed by atoms with Gasteiger partial charge in [0, 0.05) is 0 Å². The molecule has 0 heterocycles. The van der Waals surface area contributed by atoms with Crippen LogP contribution in [0.1, 0.15) is 20.8 Å². The van der Waals surface area contributed by atoms with Gasteiger partial charge in [-0.25, -0.2) is 9.59 Å². The summed E-state index contributed by atoms with van der Waals surface area (Å²) >= 11 is 0. The van der Waals surface area contributed by atoms with Crippen molar-refractivity contribution in [3.8, 4) is 0 Å². The molecule has 4 nitrogen and oxygen atoms in total. The molecule has 0 unspecified atom stereocenters. The molecular formula is C9H14O4. The van der Waals surface area contributed by atoms with E-state index in [-0.39, 0.29) is 5.57 Å². The summed E-state index contributed by atoms with van der Waals surface area (Å²) < 4.78 is 9.19. The number of esters is 2. The molecule has 0 aliphatic heterocycles. The van der Waals surface area contributed by atoms with E-state index in [1.165, 1.54) is 7.11 Å². The Balaban J connectivity index is 4.30. The van der Waals surface area contributed by atoms with E-state index in [2.05, 4.69) is 11.3 Å². The van der Waals surface area contributed by atoms with Crippen molar-refractivity contribution in [2.24, 2.45) is 0 Å². The van der Waals surface area contributed by atoms with Gasteiger partial charge in [-0.15, -0.1) is 0 Å². The van der Waals surface area contributed by atoms with E-state index < -0.39 is 17.5 Å². The minimum Gasteiger partial charge on any atom is -0.465 e. The Kier molecular flexibility index (Phi) is 3.66. The summed E-state index contributed by atoms with van der Waals surface area (Å²) in [4.78, 5) is 22.0. The van der Waals surface area contributed by atoms with Crippen molar-refractivity contribution in [3.63, 3.8) is 0 Å². The van der Waals surface area contributed by atoms with Crippen molar-refractivity contribution >= 4 is 11.9 Å². The molecule has 0 aliphatic rings. The molecule has 0 aliphatic carbocycles. The van der Waals surface area contributed by atoms with Gasteiger partial charge in [0.05, 0.1) is 7.11 Å². The normalized spacial score (nSPS) is 10.5. The molecule has 74 valence electrons. The van der Waals surface area contributed by atoms with Crippen LogP contribution in [0, 0.1) is 0 Å². The molecule has 0 saturated carbocycles. The predicted octanol–water partition coefficient (Wildman–Crippen LogP) is 1.06. The number of carbonyl (C=O) groups is 2. The average Bonchev–Trinajstić information content (AvgIpc) is 1.98. The van der Waals surface area contributed by atoms with E-state index in [1.807, 2.05) is 0 Å². The van der Waals surface area contributed by atoms with Crippen LogP contribution in [0.3, 0.4) is 0 Å². The molecule has 0 saturated heterocycles. The van der Waals surface area contributed by atoms with E-state index in [4.69, 9.17) is 4.74 Å². The lowest BCUT2D eigenvalue weighted by atomic mass is 10.2. The molecular weight excluding hydrogens is 172 g/mol. The summed E-state index contributed by atoms with van der Waals surface area (Å²) in [6.07, 6.45) is 0. The van der Waals surface area contributed by atoms with Crippen LogP contribution < -0.4 is 0 Å². The summed E-state index contributed by atoms with van der Waals surface area (Å²) in [5.74, 6) is -1.52. The van der Waals surface area contributed by atoms with Gasteiger partial charge in [0.1, 0.15) is 11.2 Å². The Hall–Kier alpha value is -1.32. The van der Waals surface area contributed by atoms with Crippen LogP contribution >= 0.6 is 0 Å². The minimum atomic E-state index is -0.769. The maximum absolute atomic E-state index is 11.1. The second-order valence-corrected chi connectivity index (χ2v) is 3.47. The number of methoxy groups -OCH3 is 1. The minimum absolute atomic E-state index is 0.294. The summed E-state index contributed by atoms with van der Waals surface area (Å²) in [6.45, 7) is 8.37. The van der Waals surface area contributed by atoms with Gasteiger partial charge in [0.2, 0.25) is 0 Å². The van der Waals surface area contributed by atoms with Crippen molar-refractivity contribution in [1.29, 1.82) is 0 Å². The Labute approximate surface area is 77.5 Å². The topological polar surface area (TPSA) is 52.6 Å². The van der Waals surface area contributed by atoms with E-state index in [9.17, 15) is 9.59 Å². The highest BCUT2D eigenvalue weighted by Gasteiger charge is 2.23. The Morgan fingerprint density at radius 2 is 1.62 bits per heavy atom. The first-order chi connectivity index (χ1) is 5.78. The molecule has 0 rings (SSSR count). The molecule has 0 aromatic heterocycles. The highest BCUT2D eigenvalue weighted by atomic mass is 16.6. The highest BCUT2D eigenvalue weighted by Crippen LogP contribution is 2.10. The molecule has 0 aromatic rings. The highest BCUT2D eigenvalue weighted by molar-refractivity contribution is 6.13. The van der Waals surface area contributed by atoms with Crippen molar-refractivity contribution in [2.45, 2.75) is 26.4 Å². The third-order valence-corrected chi connectivity index (χ3v) is 1.08. The van der Waals surface area contributed by atoms with Crippen LogP contribution in [0.4, 0.5) is 0 Å². The molecule has 0 fully saturated rings. The number of hydrogen-bond acceptors (Lipinski definition) is 4. The molecule has 0 atom stereocenters. The summed E-state index contributed by atoms with van der Waals surface area (Å²) in [5.41, 5.74) is -0.925. The average molecular weight is 186 g/mol. The van der Waals surface area contributed by atoms with Gasteiger partial charge in [-0.2, -0.15) is 0 Å². The number of rotatable bonds is 2. The molecule has 0 aromatic carbocycles. The van der Waals surface area contributed by atoms with Gasteiger partial charge in [-0.3, -0.25) is 0 Å².